The molecule has 1 unspecified atom stereocenters. The zero-order valence-corrected chi connectivity index (χ0v) is 13.4. The van der Waals surface area contributed by atoms with Gasteiger partial charge in [-0.15, -0.1) is 11.6 Å². The minimum atomic E-state index is 0.269. The van der Waals surface area contributed by atoms with Gasteiger partial charge in [0, 0.05) is 25.0 Å². The number of nitrogens with zero attached hydrogens (tertiary/aromatic N) is 1. The molecule has 0 aromatic heterocycles. The van der Waals surface area contributed by atoms with Crippen molar-refractivity contribution in [2.24, 2.45) is 0 Å². The van der Waals surface area contributed by atoms with E-state index in [9.17, 15) is 0 Å². The number of alkyl halides is 1. The summed E-state index contributed by atoms with van der Waals surface area (Å²) in [4.78, 5) is 2.56. The topological polar surface area (TPSA) is 12.5 Å². The maximum Gasteiger partial charge on any atom is 0.0710 e. The van der Waals surface area contributed by atoms with Crippen molar-refractivity contribution in [3.63, 3.8) is 0 Å². The summed E-state index contributed by atoms with van der Waals surface area (Å²) in [5, 5.41) is 0. The molecule has 3 heteroatoms. The van der Waals surface area contributed by atoms with Crippen molar-refractivity contribution in [1.29, 1.82) is 0 Å². The predicted octanol–water partition coefficient (Wildman–Crippen LogP) is 4.21. The van der Waals surface area contributed by atoms with Crippen LogP contribution in [0.2, 0.25) is 0 Å². The molecule has 1 saturated carbocycles. The molecule has 0 aromatic rings. The highest BCUT2D eigenvalue weighted by molar-refractivity contribution is 6.18. The first-order valence-corrected chi connectivity index (χ1v) is 8.74. The van der Waals surface area contributed by atoms with Crippen molar-refractivity contribution in [3.8, 4) is 0 Å². The predicted molar refractivity (Wildman–Crippen MR) is 82.0 cm³/mol. The molecule has 0 aromatic carbocycles. The highest BCUT2D eigenvalue weighted by atomic mass is 35.5. The summed E-state index contributed by atoms with van der Waals surface area (Å²) in [6.07, 6.45) is 10.7. The highest BCUT2D eigenvalue weighted by Gasteiger charge is 2.42. The lowest BCUT2D eigenvalue weighted by Gasteiger charge is -2.33. The van der Waals surface area contributed by atoms with Gasteiger partial charge < -0.3 is 4.74 Å². The summed E-state index contributed by atoms with van der Waals surface area (Å²) in [6, 6.07) is 0.669. The minimum absolute atomic E-state index is 0.269. The van der Waals surface area contributed by atoms with Crippen molar-refractivity contribution in [3.05, 3.63) is 0 Å². The summed E-state index contributed by atoms with van der Waals surface area (Å²) >= 11 is 5.98. The van der Waals surface area contributed by atoms with Crippen molar-refractivity contribution >= 4 is 11.6 Å². The summed E-state index contributed by atoms with van der Waals surface area (Å²) < 4.78 is 6.44. The van der Waals surface area contributed by atoms with Crippen molar-refractivity contribution in [1.82, 2.24) is 4.90 Å². The van der Waals surface area contributed by atoms with Gasteiger partial charge in [-0.05, 0) is 38.5 Å². The monoisotopic (exact) mass is 287 g/mol. The lowest BCUT2D eigenvalue weighted by atomic mass is 9.98. The smallest absolute Gasteiger partial charge is 0.0710 e. The Kier molecular flexibility index (Phi) is 5.98. The van der Waals surface area contributed by atoms with E-state index in [1.165, 1.54) is 51.4 Å². The molecule has 0 amide bonds. The first-order chi connectivity index (χ1) is 9.23. The van der Waals surface area contributed by atoms with Crippen molar-refractivity contribution < 1.29 is 4.74 Å². The van der Waals surface area contributed by atoms with Crippen LogP contribution in [0.4, 0.5) is 0 Å². The Morgan fingerprint density at radius 3 is 2.47 bits per heavy atom. The van der Waals surface area contributed by atoms with Gasteiger partial charge in [-0.2, -0.15) is 0 Å². The van der Waals surface area contributed by atoms with Crippen LogP contribution in [0.1, 0.15) is 65.2 Å². The van der Waals surface area contributed by atoms with Crippen LogP contribution < -0.4 is 0 Å². The number of halogens is 1. The van der Waals surface area contributed by atoms with Crippen molar-refractivity contribution in [2.45, 2.75) is 83.0 Å². The Balaban J connectivity index is 1.87. The molecule has 2 nitrogen and oxygen atoms in total. The molecule has 1 saturated heterocycles. The second kappa shape index (κ2) is 7.28. The molecule has 0 N–H and O–H groups in total. The van der Waals surface area contributed by atoms with E-state index in [1.807, 2.05) is 0 Å². The third-order valence-corrected chi connectivity index (χ3v) is 5.29. The van der Waals surface area contributed by atoms with Gasteiger partial charge in [0.05, 0.1) is 11.7 Å². The highest BCUT2D eigenvalue weighted by Crippen LogP contribution is 2.43. The third-order valence-electron chi connectivity index (χ3n) is 5.12. The molecule has 1 aliphatic carbocycles. The van der Waals surface area contributed by atoms with Gasteiger partial charge in [0.2, 0.25) is 0 Å². The van der Waals surface area contributed by atoms with E-state index in [-0.39, 0.29) is 5.60 Å². The van der Waals surface area contributed by atoms with Gasteiger partial charge in [0.25, 0.3) is 0 Å². The van der Waals surface area contributed by atoms with Crippen LogP contribution in [0.5, 0.6) is 0 Å². The van der Waals surface area contributed by atoms with Crippen LogP contribution in [-0.2, 0) is 4.74 Å². The molecule has 112 valence electrons. The molecule has 0 radical (unpaired) electrons. The van der Waals surface area contributed by atoms with E-state index >= 15 is 0 Å². The number of hydrogen-bond acceptors (Lipinski definition) is 2. The third kappa shape index (κ3) is 3.86. The van der Waals surface area contributed by atoms with Crippen LogP contribution in [0.25, 0.3) is 0 Å². The molecule has 1 spiro atoms. The van der Waals surface area contributed by atoms with E-state index in [0.717, 1.165) is 19.0 Å². The van der Waals surface area contributed by atoms with E-state index in [0.29, 0.717) is 12.1 Å². The van der Waals surface area contributed by atoms with Crippen LogP contribution in [0, 0.1) is 0 Å². The summed E-state index contributed by atoms with van der Waals surface area (Å²) in [5.41, 5.74) is 0.269. The molecule has 1 atom stereocenters. The van der Waals surface area contributed by atoms with E-state index in [4.69, 9.17) is 16.3 Å². The average molecular weight is 288 g/mol. The Bertz CT molecular complexity index is 261. The summed E-state index contributed by atoms with van der Waals surface area (Å²) in [5.74, 6) is 0.731. The second-order valence-corrected chi connectivity index (χ2v) is 6.70. The Labute approximate surface area is 123 Å². The molecule has 0 bridgehead atoms. The average Bonchev–Trinajstić information content (AvgIpc) is 3.02. The Morgan fingerprint density at radius 1 is 1.21 bits per heavy atom. The molecule has 2 rings (SSSR count). The maximum absolute atomic E-state index is 6.44. The lowest BCUT2D eigenvalue weighted by molar-refractivity contribution is -0.0510. The van der Waals surface area contributed by atoms with E-state index < -0.39 is 0 Å². The van der Waals surface area contributed by atoms with Crippen LogP contribution in [0.3, 0.4) is 0 Å². The van der Waals surface area contributed by atoms with Crippen molar-refractivity contribution in [2.75, 3.05) is 19.0 Å². The normalized spacial score (nSPS) is 26.1. The maximum atomic E-state index is 6.44. The summed E-state index contributed by atoms with van der Waals surface area (Å²) in [7, 11) is 0. The van der Waals surface area contributed by atoms with Gasteiger partial charge in [-0.1, -0.05) is 26.7 Å². The molecular weight excluding hydrogens is 258 g/mol. The molecule has 19 heavy (non-hydrogen) atoms. The SMILES string of the molecule is CCC(CC)N(CCCl)CC1CCC2(CCCC2)O1. The number of hydrogen-bond donors (Lipinski definition) is 0. The zero-order chi connectivity index (χ0) is 13.7. The molecular formula is C16H30ClNO. The molecule has 1 heterocycles. The fourth-order valence-corrected chi connectivity index (χ4v) is 4.23. The Hall–Kier alpha value is 0.210. The van der Waals surface area contributed by atoms with Gasteiger partial charge in [-0.3, -0.25) is 4.90 Å². The van der Waals surface area contributed by atoms with Crippen LogP contribution >= 0.6 is 11.6 Å². The van der Waals surface area contributed by atoms with E-state index in [2.05, 4.69) is 18.7 Å². The number of ether oxygens (including phenoxy) is 1. The van der Waals surface area contributed by atoms with Gasteiger partial charge in [-0.25, -0.2) is 0 Å². The quantitative estimate of drug-likeness (QED) is 0.651. The van der Waals surface area contributed by atoms with Gasteiger partial charge in [0.15, 0.2) is 0 Å². The zero-order valence-electron chi connectivity index (χ0n) is 12.7. The molecule has 2 aliphatic rings. The fourth-order valence-electron chi connectivity index (χ4n) is 4.01. The van der Waals surface area contributed by atoms with E-state index in [1.54, 1.807) is 0 Å². The lowest BCUT2D eigenvalue weighted by Crippen LogP contribution is -2.42. The first-order valence-electron chi connectivity index (χ1n) is 8.21. The fraction of sp³-hybridized carbons (Fsp3) is 1.00. The summed E-state index contributed by atoms with van der Waals surface area (Å²) in [6.45, 7) is 6.65. The van der Waals surface area contributed by atoms with Gasteiger partial charge in [0.1, 0.15) is 0 Å². The standard InChI is InChI=1S/C16H30ClNO/c1-3-14(4-2)18(12-11-17)13-15-7-10-16(19-15)8-5-6-9-16/h14-15H,3-13H2,1-2H3. The minimum Gasteiger partial charge on any atom is -0.370 e. The first kappa shape index (κ1) is 15.6. The largest absolute Gasteiger partial charge is 0.370 e. The van der Waals surface area contributed by atoms with Crippen LogP contribution in [0.15, 0.2) is 0 Å². The molecule has 1 aliphatic heterocycles. The number of rotatable bonds is 7. The Morgan fingerprint density at radius 2 is 1.89 bits per heavy atom. The van der Waals surface area contributed by atoms with Crippen LogP contribution in [-0.4, -0.2) is 41.6 Å². The second-order valence-electron chi connectivity index (χ2n) is 6.32. The molecule has 2 fully saturated rings. The van der Waals surface area contributed by atoms with Gasteiger partial charge >= 0.3 is 0 Å².